The summed E-state index contributed by atoms with van der Waals surface area (Å²) in [7, 11) is 0. The van der Waals surface area contributed by atoms with Gasteiger partial charge in [-0.1, -0.05) is 18.4 Å². The maximum absolute atomic E-state index is 3.97. The van der Waals surface area contributed by atoms with Gasteiger partial charge in [-0.25, -0.2) is 0 Å². The van der Waals surface area contributed by atoms with Crippen LogP contribution in [0.25, 0.3) is 0 Å². The van der Waals surface area contributed by atoms with Gasteiger partial charge in [-0.3, -0.25) is 0 Å². The first-order valence-electron chi connectivity index (χ1n) is 4.88. The van der Waals surface area contributed by atoms with Gasteiger partial charge in [0, 0.05) is 13.1 Å². The topological polar surface area (TPSA) is 57.7 Å². The Morgan fingerprint density at radius 2 is 2.23 bits per heavy atom. The summed E-state index contributed by atoms with van der Waals surface area (Å²) in [6.45, 7) is 4.39. The predicted molar refractivity (Wildman–Crippen MR) is 49.4 cm³/mol. The van der Waals surface area contributed by atoms with Crippen LogP contribution < -0.4 is 4.90 Å². The van der Waals surface area contributed by atoms with Crippen molar-refractivity contribution in [1.82, 2.24) is 20.6 Å². The molecule has 1 aliphatic heterocycles. The molecule has 0 aliphatic carbocycles. The lowest BCUT2D eigenvalue weighted by Crippen LogP contribution is -2.34. The molecule has 1 saturated heterocycles. The van der Waals surface area contributed by atoms with Gasteiger partial charge in [0.1, 0.15) is 0 Å². The number of piperidine rings is 1. The van der Waals surface area contributed by atoms with Crippen LogP contribution in [0.1, 0.15) is 26.2 Å². The minimum Gasteiger partial charge on any atom is -0.338 e. The zero-order valence-corrected chi connectivity index (χ0v) is 7.90. The monoisotopic (exact) mass is 181 g/mol. The number of anilines is 1. The Balaban J connectivity index is 1.92. The fourth-order valence-corrected chi connectivity index (χ4v) is 1.83. The van der Waals surface area contributed by atoms with Crippen molar-refractivity contribution in [3.05, 3.63) is 0 Å². The first kappa shape index (κ1) is 8.47. The van der Waals surface area contributed by atoms with Crippen molar-refractivity contribution in [3.63, 3.8) is 0 Å². The van der Waals surface area contributed by atoms with Crippen molar-refractivity contribution in [3.8, 4) is 0 Å². The molecule has 1 aromatic rings. The molecular formula is C8H15N5. The highest BCUT2D eigenvalue weighted by atomic mass is 15.5. The maximum Gasteiger partial charge on any atom is 0.265 e. The fraction of sp³-hybridized carbons (Fsp3) is 0.875. The summed E-state index contributed by atoms with van der Waals surface area (Å²) in [4.78, 5) is 2.19. The van der Waals surface area contributed by atoms with Crippen molar-refractivity contribution in [2.45, 2.75) is 26.2 Å². The number of hydrogen-bond donors (Lipinski definition) is 1. The Bertz CT molecular complexity index is 237. The highest BCUT2D eigenvalue weighted by Crippen LogP contribution is 2.21. The van der Waals surface area contributed by atoms with Crippen molar-refractivity contribution in [2.24, 2.45) is 5.92 Å². The fourth-order valence-electron chi connectivity index (χ4n) is 1.83. The number of aromatic amines is 1. The third-order valence-corrected chi connectivity index (χ3v) is 2.81. The Labute approximate surface area is 77.5 Å². The van der Waals surface area contributed by atoms with Crippen LogP contribution in [0.2, 0.25) is 0 Å². The van der Waals surface area contributed by atoms with Gasteiger partial charge in [0.2, 0.25) is 0 Å². The molecule has 0 radical (unpaired) electrons. The number of nitrogens with one attached hydrogen (secondary N) is 1. The molecule has 0 amide bonds. The lowest BCUT2D eigenvalue weighted by molar-refractivity contribution is 0.392. The number of hydrogen-bond acceptors (Lipinski definition) is 4. The molecule has 5 heteroatoms. The van der Waals surface area contributed by atoms with Gasteiger partial charge in [0.05, 0.1) is 0 Å². The third kappa shape index (κ3) is 1.79. The lowest BCUT2D eigenvalue weighted by Gasteiger charge is -2.30. The molecule has 0 unspecified atom stereocenters. The van der Waals surface area contributed by atoms with Crippen LogP contribution in [-0.4, -0.2) is 33.7 Å². The molecular weight excluding hydrogens is 166 g/mol. The van der Waals surface area contributed by atoms with Crippen LogP contribution in [0.5, 0.6) is 0 Å². The molecule has 1 aliphatic rings. The average Bonchev–Trinajstić information content (AvgIpc) is 2.71. The van der Waals surface area contributed by atoms with E-state index in [4.69, 9.17) is 0 Å². The van der Waals surface area contributed by atoms with E-state index in [1.54, 1.807) is 0 Å². The third-order valence-electron chi connectivity index (χ3n) is 2.81. The number of nitrogens with zero attached hydrogens (tertiary/aromatic N) is 4. The van der Waals surface area contributed by atoms with Crippen molar-refractivity contribution in [2.75, 3.05) is 18.0 Å². The summed E-state index contributed by atoms with van der Waals surface area (Å²) in [5.41, 5.74) is 0. The largest absolute Gasteiger partial charge is 0.338 e. The summed E-state index contributed by atoms with van der Waals surface area (Å²) in [5, 5.41) is 14.0. The zero-order chi connectivity index (χ0) is 9.10. The molecule has 2 rings (SSSR count). The highest BCUT2D eigenvalue weighted by Gasteiger charge is 2.19. The van der Waals surface area contributed by atoms with Gasteiger partial charge in [-0.05, 0) is 24.0 Å². The second-order valence-electron chi connectivity index (χ2n) is 3.55. The quantitative estimate of drug-likeness (QED) is 0.734. The van der Waals surface area contributed by atoms with Gasteiger partial charge >= 0.3 is 0 Å². The SMILES string of the molecule is CCC1CCN(c2nn[nH]n2)CC1. The normalized spacial score (nSPS) is 19.3. The Morgan fingerprint density at radius 1 is 1.46 bits per heavy atom. The molecule has 0 aromatic carbocycles. The molecule has 1 N–H and O–H groups in total. The van der Waals surface area contributed by atoms with Gasteiger partial charge in [0.25, 0.3) is 5.95 Å². The van der Waals surface area contributed by atoms with Gasteiger partial charge in [-0.2, -0.15) is 5.21 Å². The van der Waals surface area contributed by atoms with Crippen molar-refractivity contribution >= 4 is 5.95 Å². The first-order valence-corrected chi connectivity index (χ1v) is 4.88. The van der Waals surface area contributed by atoms with Crippen LogP contribution >= 0.6 is 0 Å². The minimum absolute atomic E-state index is 0.745. The Morgan fingerprint density at radius 3 is 2.77 bits per heavy atom. The van der Waals surface area contributed by atoms with Crippen LogP contribution in [0, 0.1) is 5.92 Å². The minimum atomic E-state index is 0.745. The predicted octanol–water partition coefficient (Wildman–Crippen LogP) is 0.826. The number of aromatic nitrogens is 4. The Hall–Kier alpha value is -1.13. The van der Waals surface area contributed by atoms with Crippen LogP contribution in [0.15, 0.2) is 0 Å². The number of H-pyrrole nitrogens is 1. The zero-order valence-electron chi connectivity index (χ0n) is 7.90. The molecule has 5 nitrogen and oxygen atoms in total. The molecule has 72 valence electrons. The van der Waals surface area contributed by atoms with E-state index in [0.717, 1.165) is 25.0 Å². The molecule has 0 saturated carbocycles. The standard InChI is InChI=1S/C8H15N5/c1-2-7-3-5-13(6-4-7)8-9-11-12-10-8/h7H,2-6H2,1H3,(H,9,10,11,12). The average molecular weight is 181 g/mol. The van der Waals surface area contributed by atoms with E-state index >= 15 is 0 Å². The van der Waals surface area contributed by atoms with E-state index in [9.17, 15) is 0 Å². The summed E-state index contributed by atoms with van der Waals surface area (Å²) < 4.78 is 0. The van der Waals surface area contributed by atoms with Crippen LogP contribution in [0.3, 0.4) is 0 Å². The second-order valence-corrected chi connectivity index (χ2v) is 3.55. The van der Waals surface area contributed by atoms with E-state index in [-0.39, 0.29) is 0 Å². The van der Waals surface area contributed by atoms with E-state index in [1.807, 2.05) is 0 Å². The van der Waals surface area contributed by atoms with Gasteiger partial charge in [0.15, 0.2) is 0 Å². The van der Waals surface area contributed by atoms with Gasteiger partial charge in [-0.15, -0.1) is 5.10 Å². The molecule has 0 atom stereocenters. The Kier molecular flexibility index (Phi) is 2.42. The van der Waals surface area contributed by atoms with Crippen molar-refractivity contribution < 1.29 is 0 Å². The van der Waals surface area contributed by atoms with E-state index in [1.165, 1.54) is 19.3 Å². The lowest BCUT2D eigenvalue weighted by atomic mass is 9.95. The molecule has 2 heterocycles. The first-order chi connectivity index (χ1) is 6.40. The number of tetrazole rings is 1. The summed E-state index contributed by atoms with van der Waals surface area (Å²) in [6.07, 6.45) is 3.80. The molecule has 0 bridgehead atoms. The molecule has 0 spiro atoms. The van der Waals surface area contributed by atoms with E-state index in [2.05, 4.69) is 32.4 Å². The molecule has 1 aromatic heterocycles. The summed E-state index contributed by atoms with van der Waals surface area (Å²) >= 11 is 0. The number of rotatable bonds is 2. The van der Waals surface area contributed by atoms with Crippen molar-refractivity contribution in [1.29, 1.82) is 0 Å². The van der Waals surface area contributed by atoms with E-state index in [0.29, 0.717) is 0 Å². The van der Waals surface area contributed by atoms with Crippen LogP contribution in [-0.2, 0) is 0 Å². The molecule has 13 heavy (non-hydrogen) atoms. The van der Waals surface area contributed by atoms with E-state index < -0.39 is 0 Å². The summed E-state index contributed by atoms with van der Waals surface area (Å²) in [5.74, 6) is 1.64. The maximum atomic E-state index is 3.97. The second kappa shape index (κ2) is 3.72. The summed E-state index contributed by atoms with van der Waals surface area (Å²) in [6, 6.07) is 0. The smallest absolute Gasteiger partial charge is 0.265 e. The van der Waals surface area contributed by atoms with Crippen LogP contribution in [0.4, 0.5) is 5.95 Å². The highest BCUT2D eigenvalue weighted by molar-refractivity contribution is 5.26. The molecule has 1 fully saturated rings. The van der Waals surface area contributed by atoms with Gasteiger partial charge < -0.3 is 4.90 Å².